The van der Waals surface area contributed by atoms with Gasteiger partial charge in [-0.05, 0) is 36.8 Å². The third-order valence-electron chi connectivity index (χ3n) is 2.73. The van der Waals surface area contributed by atoms with Crippen LogP contribution in [0.25, 0.3) is 0 Å². The Hall–Kier alpha value is -1.16. The third-order valence-corrected chi connectivity index (χ3v) is 3.69. The van der Waals surface area contributed by atoms with Crippen molar-refractivity contribution >= 4 is 23.5 Å². The second kappa shape index (κ2) is 4.57. The van der Waals surface area contributed by atoms with Gasteiger partial charge in [0.1, 0.15) is 0 Å². The van der Waals surface area contributed by atoms with Crippen LogP contribution in [0.2, 0.25) is 0 Å². The molecule has 1 aromatic heterocycles. The second-order valence-electron chi connectivity index (χ2n) is 3.83. The molecular weight excluding hydrogens is 208 g/mol. The zero-order valence-corrected chi connectivity index (χ0v) is 9.51. The molecule has 3 nitrogen and oxygen atoms in total. The predicted octanol–water partition coefficient (Wildman–Crippen LogP) is 2.31. The molecule has 1 aliphatic carbocycles. The highest BCUT2D eigenvalue weighted by atomic mass is 32.1. The summed E-state index contributed by atoms with van der Waals surface area (Å²) in [5.41, 5.74) is 3.78. The number of thiophene rings is 1. The number of carbonyl (C=O) groups is 1. The van der Waals surface area contributed by atoms with Crippen LogP contribution >= 0.6 is 11.3 Å². The summed E-state index contributed by atoms with van der Waals surface area (Å²) >= 11 is 1.63. The van der Waals surface area contributed by atoms with Crippen molar-refractivity contribution in [2.45, 2.75) is 26.2 Å². The number of nitrogens with one attached hydrogen (secondary N) is 1. The van der Waals surface area contributed by atoms with E-state index in [1.54, 1.807) is 17.6 Å². The van der Waals surface area contributed by atoms with E-state index in [9.17, 15) is 4.79 Å². The van der Waals surface area contributed by atoms with Crippen LogP contribution in [-0.4, -0.2) is 12.1 Å². The summed E-state index contributed by atoms with van der Waals surface area (Å²) in [5.74, 6) is 0.262. The molecule has 1 fully saturated rings. The standard InChI is InChI=1S/C11H14N2OS/c1-8-5-6-15-10(8)7-12-13-11(14)9-3-2-4-9/h5-7,9H,2-4H2,1H3,(H,13,14). The fourth-order valence-electron chi connectivity index (χ4n) is 1.43. The van der Waals surface area contributed by atoms with E-state index in [1.807, 2.05) is 18.4 Å². The van der Waals surface area contributed by atoms with Gasteiger partial charge in [0.05, 0.1) is 6.21 Å². The molecule has 0 saturated heterocycles. The maximum atomic E-state index is 11.4. The highest BCUT2D eigenvalue weighted by molar-refractivity contribution is 7.11. The molecule has 0 aromatic carbocycles. The molecule has 0 unspecified atom stereocenters. The number of hydrazone groups is 1. The number of carbonyl (C=O) groups excluding carboxylic acids is 1. The minimum Gasteiger partial charge on any atom is -0.273 e. The van der Waals surface area contributed by atoms with Gasteiger partial charge >= 0.3 is 0 Å². The zero-order chi connectivity index (χ0) is 10.7. The summed E-state index contributed by atoms with van der Waals surface area (Å²) in [4.78, 5) is 12.5. The van der Waals surface area contributed by atoms with Gasteiger partial charge in [0.25, 0.3) is 0 Å². The van der Waals surface area contributed by atoms with E-state index in [4.69, 9.17) is 0 Å². The number of nitrogens with zero attached hydrogens (tertiary/aromatic N) is 1. The third kappa shape index (κ3) is 2.45. The lowest BCUT2D eigenvalue weighted by molar-refractivity contribution is -0.127. The molecule has 0 aliphatic heterocycles. The molecule has 1 heterocycles. The van der Waals surface area contributed by atoms with Crippen LogP contribution in [-0.2, 0) is 4.79 Å². The monoisotopic (exact) mass is 222 g/mol. The summed E-state index contributed by atoms with van der Waals surface area (Å²) in [6.45, 7) is 2.03. The van der Waals surface area contributed by atoms with Gasteiger partial charge < -0.3 is 0 Å². The van der Waals surface area contributed by atoms with Gasteiger partial charge in [0.2, 0.25) is 5.91 Å². The van der Waals surface area contributed by atoms with Crippen LogP contribution in [0.5, 0.6) is 0 Å². The predicted molar refractivity (Wildman–Crippen MR) is 62.1 cm³/mol. The van der Waals surface area contributed by atoms with Crippen molar-refractivity contribution in [1.29, 1.82) is 0 Å². The Labute approximate surface area is 93.2 Å². The lowest BCUT2D eigenvalue weighted by atomic mass is 9.85. The Kier molecular flexibility index (Phi) is 3.16. The molecular formula is C11H14N2OS. The molecule has 1 aromatic rings. The first-order valence-corrected chi connectivity index (χ1v) is 6.02. The Morgan fingerprint density at radius 1 is 1.67 bits per heavy atom. The molecule has 0 bridgehead atoms. The molecule has 1 N–H and O–H groups in total. The highest BCUT2D eigenvalue weighted by Gasteiger charge is 2.24. The van der Waals surface area contributed by atoms with Crippen molar-refractivity contribution in [2.24, 2.45) is 11.0 Å². The quantitative estimate of drug-likeness (QED) is 0.619. The van der Waals surface area contributed by atoms with Crippen molar-refractivity contribution in [3.05, 3.63) is 21.9 Å². The summed E-state index contributed by atoms with van der Waals surface area (Å²) in [6, 6.07) is 2.04. The fraction of sp³-hybridized carbons (Fsp3) is 0.455. The van der Waals surface area contributed by atoms with E-state index in [0.29, 0.717) is 0 Å². The average Bonchev–Trinajstić information content (AvgIpc) is 2.49. The molecule has 0 spiro atoms. The molecule has 80 valence electrons. The fourth-order valence-corrected chi connectivity index (χ4v) is 2.22. The molecule has 1 aliphatic rings. The smallest absolute Gasteiger partial charge is 0.243 e. The van der Waals surface area contributed by atoms with Gasteiger partial charge in [-0.25, -0.2) is 5.43 Å². The largest absolute Gasteiger partial charge is 0.273 e. The van der Waals surface area contributed by atoms with E-state index in [1.165, 1.54) is 12.0 Å². The van der Waals surface area contributed by atoms with Gasteiger partial charge in [-0.15, -0.1) is 11.3 Å². The van der Waals surface area contributed by atoms with Gasteiger partial charge in [0, 0.05) is 10.8 Å². The van der Waals surface area contributed by atoms with Crippen LogP contribution in [0.3, 0.4) is 0 Å². The Morgan fingerprint density at radius 2 is 2.47 bits per heavy atom. The highest BCUT2D eigenvalue weighted by Crippen LogP contribution is 2.26. The number of rotatable bonds is 3. The van der Waals surface area contributed by atoms with Crippen LogP contribution < -0.4 is 5.43 Å². The van der Waals surface area contributed by atoms with E-state index in [2.05, 4.69) is 10.5 Å². The van der Waals surface area contributed by atoms with Crippen molar-refractivity contribution in [1.82, 2.24) is 5.43 Å². The number of amides is 1. The molecule has 1 saturated carbocycles. The summed E-state index contributed by atoms with van der Waals surface area (Å²) in [6.07, 6.45) is 4.92. The van der Waals surface area contributed by atoms with Gasteiger partial charge in [-0.2, -0.15) is 5.10 Å². The summed E-state index contributed by atoms with van der Waals surface area (Å²) in [5, 5.41) is 5.98. The molecule has 1 amide bonds. The van der Waals surface area contributed by atoms with Crippen LogP contribution in [0.4, 0.5) is 0 Å². The second-order valence-corrected chi connectivity index (χ2v) is 4.78. The molecule has 2 rings (SSSR count). The normalized spacial score (nSPS) is 16.6. The Bertz CT molecular complexity index is 380. The first kappa shape index (κ1) is 10.4. The van der Waals surface area contributed by atoms with E-state index < -0.39 is 0 Å². The number of aryl methyl sites for hydroxylation is 1. The first-order chi connectivity index (χ1) is 7.27. The van der Waals surface area contributed by atoms with Crippen molar-refractivity contribution in [3.8, 4) is 0 Å². The van der Waals surface area contributed by atoms with Crippen LogP contribution in [0, 0.1) is 12.8 Å². The van der Waals surface area contributed by atoms with E-state index >= 15 is 0 Å². The van der Waals surface area contributed by atoms with Gasteiger partial charge in [0.15, 0.2) is 0 Å². The summed E-state index contributed by atoms with van der Waals surface area (Å²) in [7, 11) is 0. The Morgan fingerprint density at radius 3 is 3.00 bits per heavy atom. The molecule has 15 heavy (non-hydrogen) atoms. The zero-order valence-electron chi connectivity index (χ0n) is 8.69. The minimum absolute atomic E-state index is 0.0618. The maximum Gasteiger partial charge on any atom is 0.243 e. The van der Waals surface area contributed by atoms with Crippen molar-refractivity contribution < 1.29 is 4.79 Å². The van der Waals surface area contributed by atoms with E-state index in [0.717, 1.165) is 17.7 Å². The minimum atomic E-state index is 0.0618. The van der Waals surface area contributed by atoms with Gasteiger partial charge in [-0.3, -0.25) is 4.79 Å². The first-order valence-electron chi connectivity index (χ1n) is 5.14. The topological polar surface area (TPSA) is 41.5 Å². The maximum absolute atomic E-state index is 11.4. The van der Waals surface area contributed by atoms with Crippen LogP contribution in [0.1, 0.15) is 29.7 Å². The van der Waals surface area contributed by atoms with Crippen molar-refractivity contribution in [2.75, 3.05) is 0 Å². The van der Waals surface area contributed by atoms with Crippen molar-refractivity contribution in [3.63, 3.8) is 0 Å². The lowest BCUT2D eigenvalue weighted by Crippen LogP contribution is -2.31. The number of hydrogen-bond acceptors (Lipinski definition) is 3. The average molecular weight is 222 g/mol. The summed E-state index contributed by atoms with van der Waals surface area (Å²) < 4.78 is 0. The number of hydrogen-bond donors (Lipinski definition) is 1. The molecule has 0 radical (unpaired) electrons. The lowest BCUT2D eigenvalue weighted by Gasteiger charge is -2.22. The van der Waals surface area contributed by atoms with Gasteiger partial charge in [-0.1, -0.05) is 6.42 Å². The molecule has 0 atom stereocenters. The molecule has 4 heteroatoms. The Balaban J connectivity index is 1.84. The van der Waals surface area contributed by atoms with E-state index in [-0.39, 0.29) is 11.8 Å². The van der Waals surface area contributed by atoms with Crippen LogP contribution in [0.15, 0.2) is 16.5 Å². The SMILES string of the molecule is Cc1ccsc1C=NNC(=O)C1CCC1.